The highest BCUT2D eigenvalue weighted by Gasteiger charge is 2.19. The number of rotatable bonds is 3. The average Bonchev–Trinajstić information content (AvgIpc) is 2.51. The summed E-state index contributed by atoms with van der Waals surface area (Å²) in [4.78, 5) is 4.33. The van der Waals surface area contributed by atoms with E-state index in [0.29, 0.717) is 11.4 Å². The van der Waals surface area contributed by atoms with Gasteiger partial charge in [-0.3, -0.25) is 4.90 Å². The molecule has 116 valence electrons. The van der Waals surface area contributed by atoms with E-state index in [4.69, 9.17) is 5.73 Å². The van der Waals surface area contributed by atoms with E-state index in [9.17, 15) is 8.78 Å². The van der Waals surface area contributed by atoms with Gasteiger partial charge in [-0.25, -0.2) is 8.78 Å². The number of nitrogens with two attached hydrogens (primary N) is 1. The summed E-state index contributed by atoms with van der Waals surface area (Å²) in [6.07, 6.45) is 0. The smallest absolute Gasteiger partial charge is 0.148 e. The zero-order valence-corrected chi connectivity index (χ0v) is 12.3. The van der Waals surface area contributed by atoms with Crippen LogP contribution in [0.3, 0.4) is 0 Å². The Balaban J connectivity index is 1.59. The zero-order chi connectivity index (χ0) is 15.5. The van der Waals surface area contributed by atoms with Crippen LogP contribution >= 0.6 is 0 Å². The van der Waals surface area contributed by atoms with E-state index >= 15 is 0 Å². The summed E-state index contributed by atoms with van der Waals surface area (Å²) in [6, 6.07) is 11.4. The third kappa shape index (κ3) is 3.36. The number of nitrogens with zero attached hydrogens (tertiary/aromatic N) is 2. The molecular weight excluding hydrogens is 284 g/mol. The SMILES string of the molecule is Nc1ccc(N2CCN(Cc3ccc(F)cc3)CC2)c(F)c1. The molecule has 5 heteroatoms. The first-order chi connectivity index (χ1) is 10.6. The second-order valence-electron chi connectivity index (χ2n) is 5.60. The number of halogens is 2. The summed E-state index contributed by atoms with van der Waals surface area (Å²) in [5, 5.41) is 0. The van der Waals surface area contributed by atoms with Gasteiger partial charge in [-0.05, 0) is 35.9 Å². The number of piperazine rings is 1. The quantitative estimate of drug-likeness (QED) is 0.885. The van der Waals surface area contributed by atoms with Crippen LogP contribution in [0.1, 0.15) is 5.56 Å². The molecule has 22 heavy (non-hydrogen) atoms. The molecule has 0 atom stereocenters. The number of benzene rings is 2. The predicted octanol–water partition coefficient (Wildman–Crippen LogP) is 2.87. The summed E-state index contributed by atoms with van der Waals surface area (Å²) in [6.45, 7) is 4.02. The van der Waals surface area contributed by atoms with Crippen LogP contribution in [0.15, 0.2) is 42.5 Å². The molecular formula is C17H19F2N3. The van der Waals surface area contributed by atoms with E-state index in [1.807, 2.05) is 4.90 Å². The molecule has 1 aliphatic rings. The molecule has 0 unspecified atom stereocenters. The fourth-order valence-corrected chi connectivity index (χ4v) is 2.77. The molecule has 1 aliphatic heterocycles. The Morgan fingerprint density at radius 3 is 2.23 bits per heavy atom. The second-order valence-corrected chi connectivity index (χ2v) is 5.60. The maximum absolute atomic E-state index is 13.9. The summed E-state index contributed by atoms with van der Waals surface area (Å²) in [7, 11) is 0. The molecule has 0 saturated carbocycles. The van der Waals surface area contributed by atoms with E-state index < -0.39 is 0 Å². The lowest BCUT2D eigenvalue weighted by atomic mass is 10.2. The number of anilines is 2. The normalized spacial score (nSPS) is 16.0. The van der Waals surface area contributed by atoms with Gasteiger partial charge in [0.2, 0.25) is 0 Å². The van der Waals surface area contributed by atoms with Crippen molar-refractivity contribution in [1.29, 1.82) is 0 Å². The summed E-state index contributed by atoms with van der Waals surface area (Å²) in [5.74, 6) is -0.487. The van der Waals surface area contributed by atoms with Crippen molar-refractivity contribution in [2.24, 2.45) is 0 Å². The maximum Gasteiger partial charge on any atom is 0.148 e. The highest BCUT2D eigenvalue weighted by atomic mass is 19.1. The average molecular weight is 303 g/mol. The van der Waals surface area contributed by atoms with Gasteiger partial charge in [0.05, 0.1) is 5.69 Å². The number of hydrogen-bond donors (Lipinski definition) is 1. The van der Waals surface area contributed by atoms with Gasteiger partial charge in [0.1, 0.15) is 11.6 Å². The predicted molar refractivity (Wildman–Crippen MR) is 84.7 cm³/mol. The zero-order valence-electron chi connectivity index (χ0n) is 12.3. The van der Waals surface area contributed by atoms with Crippen LogP contribution in [-0.2, 0) is 6.54 Å². The van der Waals surface area contributed by atoms with Crippen molar-refractivity contribution in [2.45, 2.75) is 6.54 Å². The highest BCUT2D eigenvalue weighted by molar-refractivity contribution is 5.54. The first-order valence-corrected chi connectivity index (χ1v) is 7.38. The molecule has 2 aromatic carbocycles. The standard InChI is InChI=1S/C17H19F2N3/c18-14-3-1-13(2-4-14)12-21-7-9-22(10-8-21)17-6-5-15(20)11-16(17)19/h1-6,11H,7-10,12,20H2. The van der Waals surface area contributed by atoms with Crippen LogP contribution in [0.2, 0.25) is 0 Å². The van der Waals surface area contributed by atoms with Crippen LogP contribution in [0.5, 0.6) is 0 Å². The van der Waals surface area contributed by atoms with Crippen molar-refractivity contribution in [2.75, 3.05) is 36.8 Å². The van der Waals surface area contributed by atoms with Crippen molar-refractivity contribution in [3.63, 3.8) is 0 Å². The fraction of sp³-hybridized carbons (Fsp3) is 0.294. The van der Waals surface area contributed by atoms with Crippen molar-refractivity contribution in [3.05, 3.63) is 59.7 Å². The van der Waals surface area contributed by atoms with Crippen LogP contribution in [0.25, 0.3) is 0 Å². The van der Waals surface area contributed by atoms with Gasteiger partial charge in [0.25, 0.3) is 0 Å². The van der Waals surface area contributed by atoms with Crippen molar-refractivity contribution < 1.29 is 8.78 Å². The minimum atomic E-state index is -0.271. The minimum absolute atomic E-state index is 0.215. The molecule has 3 rings (SSSR count). The van der Waals surface area contributed by atoms with Crippen LogP contribution in [0.4, 0.5) is 20.2 Å². The Hall–Kier alpha value is -2.14. The Morgan fingerprint density at radius 2 is 1.59 bits per heavy atom. The molecule has 0 radical (unpaired) electrons. The van der Waals surface area contributed by atoms with Crippen LogP contribution < -0.4 is 10.6 Å². The third-order valence-electron chi connectivity index (χ3n) is 4.00. The van der Waals surface area contributed by atoms with Gasteiger partial charge in [0.15, 0.2) is 0 Å². The molecule has 0 aliphatic carbocycles. The Morgan fingerprint density at radius 1 is 0.909 bits per heavy atom. The molecule has 2 aromatic rings. The van der Waals surface area contributed by atoms with Gasteiger partial charge < -0.3 is 10.6 Å². The van der Waals surface area contributed by atoms with Gasteiger partial charge in [-0.2, -0.15) is 0 Å². The van der Waals surface area contributed by atoms with E-state index in [0.717, 1.165) is 38.3 Å². The first kappa shape index (κ1) is 14.8. The van der Waals surface area contributed by atoms with Crippen LogP contribution in [0, 0.1) is 11.6 Å². The summed E-state index contributed by atoms with van der Waals surface area (Å²) in [5.41, 5.74) is 7.72. The van der Waals surface area contributed by atoms with Gasteiger partial charge >= 0.3 is 0 Å². The molecule has 1 fully saturated rings. The Labute approximate surface area is 128 Å². The molecule has 2 N–H and O–H groups in total. The second kappa shape index (κ2) is 6.32. The largest absolute Gasteiger partial charge is 0.399 e. The Bertz CT molecular complexity index is 635. The lowest BCUT2D eigenvalue weighted by Gasteiger charge is -2.36. The van der Waals surface area contributed by atoms with E-state index in [1.165, 1.54) is 18.2 Å². The van der Waals surface area contributed by atoms with E-state index in [1.54, 1.807) is 24.3 Å². The molecule has 0 amide bonds. The molecule has 1 saturated heterocycles. The lowest BCUT2D eigenvalue weighted by molar-refractivity contribution is 0.249. The lowest BCUT2D eigenvalue weighted by Crippen LogP contribution is -2.46. The Kier molecular flexibility index (Phi) is 4.24. The third-order valence-corrected chi connectivity index (χ3v) is 4.00. The summed E-state index contributed by atoms with van der Waals surface area (Å²) >= 11 is 0. The van der Waals surface area contributed by atoms with Crippen LogP contribution in [-0.4, -0.2) is 31.1 Å². The maximum atomic E-state index is 13.9. The molecule has 3 nitrogen and oxygen atoms in total. The van der Waals surface area contributed by atoms with Gasteiger partial charge in [-0.15, -0.1) is 0 Å². The van der Waals surface area contributed by atoms with Crippen molar-refractivity contribution in [1.82, 2.24) is 4.90 Å². The summed E-state index contributed by atoms with van der Waals surface area (Å²) < 4.78 is 26.9. The molecule has 0 spiro atoms. The number of hydrogen-bond acceptors (Lipinski definition) is 3. The number of nitrogen functional groups attached to an aromatic ring is 1. The molecule has 1 heterocycles. The van der Waals surface area contributed by atoms with E-state index in [2.05, 4.69) is 4.90 Å². The highest BCUT2D eigenvalue weighted by Crippen LogP contribution is 2.23. The monoisotopic (exact) mass is 303 g/mol. The van der Waals surface area contributed by atoms with Crippen molar-refractivity contribution >= 4 is 11.4 Å². The first-order valence-electron chi connectivity index (χ1n) is 7.38. The van der Waals surface area contributed by atoms with E-state index in [-0.39, 0.29) is 11.6 Å². The van der Waals surface area contributed by atoms with Gasteiger partial charge in [-0.1, -0.05) is 12.1 Å². The topological polar surface area (TPSA) is 32.5 Å². The molecule has 0 bridgehead atoms. The fourth-order valence-electron chi connectivity index (χ4n) is 2.77. The molecule has 0 aromatic heterocycles. The minimum Gasteiger partial charge on any atom is -0.399 e. The van der Waals surface area contributed by atoms with Crippen molar-refractivity contribution in [3.8, 4) is 0 Å². The van der Waals surface area contributed by atoms with Gasteiger partial charge in [0, 0.05) is 38.4 Å².